The molecule has 0 aliphatic rings. The molecule has 0 heterocycles. The lowest BCUT2D eigenvalue weighted by molar-refractivity contribution is -0.140. The maximum Gasteiger partial charge on any atom is 0.264 e. The van der Waals surface area contributed by atoms with E-state index in [9.17, 15) is 18.0 Å². The first kappa shape index (κ1) is 35.4. The number of aryl methyl sites for hydroxylation is 1. The maximum absolute atomic E-state index is 14.6. The Bertz CT molecular complexity index is 1940. The van der Waals surface area contributed by atoms with Gasteiger partial charge < -0.3 is 15.0 Å². The second-order valence-corrected chi connectivity index (χ2v) is 14.3. The SMILES string of the molecule is CCNC(=O)C(Cc1ccccc1)N(Cc1ccc(Br)cc1)C(=O)CN(c1ccc(Oc2ccccc2)cc1)S(=O)(=O)c1ccc(C)cc1. The highest BCUT2D eigenvalue weighted by Gasteiger charge is 2.34. The molecule has 49 heavy (non-hydrogen) atoms. The van der Waals surface area contributed by atoms with Crippen LogP contribution in [0.5, 0.6) is 11.5 Å². The second-order valence-electron chi connectivity index (χ2n) is 11.5. The number of nitrogens with one attached hydrogen (secondary N) is 1. The van der Waals surface area contributed by atoms with Crippen LogP contribution in [0.3, 0.4) is 0 Å². The van der Waals surface area contributed by atoms with Crippen LogP contribution in [0.1, 0.15) is 23.6 Å². The normalized spacial score (nSPS) is 11.7. The molecule has 5 rings (SSSR count). The zero-order chi connectivity index (χ0) is 34.8. The number of nitrogens with zero attached hydrogens (tertiary/aromatic N) is 2. The largest absolute Gasteiger partial charge is 0.457 e. The molecule has 0 fully saturated rings. The summed E-state index contributed by atoms with van der Waals surface area (Å²) in [6.07, 6.45) is 0.241. The van der Waals surface area contributed by atoms with Gasteiger partial charge in [0.05, 0.1) is 10.6 Å². The summed E-state index contributed by atoms with van der Waals surface area (Å²) in [5.41, 5.74) is 2.82. The van der Waals surface area contributed by atoms with Gasteiger partial charge >= 0.3 is 0 Å². The third kappa shape index (κ3) is 9.37. The van der Waals surface area contributed by atoms with Crippen molar-refractivity contribution in [2.24, 2.45) is 0 Å². The van der Waals surface area contributed by atoms with Gasteiger partial charge in [0.2, 0.25) is 11.8 Å². The molecule has 252 valence electrons. The Morgan fingerprint density at radius 1 is 0.755 bits per heavy atom. The Morgan fingerprint density at radius 2 is 1.35 bits per heavy atom. The standard InChI is InChI=1S/C39H38BrN3O5S/c1-3-41-39(45)37(26-30-10-6-4-7-11-30)42(27-31-16-18-32(40)19-17-31)38(44)28-43(49(46,47)36-24-14-29(2)15-25-36)33-20-22-35(23-21-33)48-34-12-8-5-9-13-34/h4-25,37H,3,26-28H2,1-2H3,(H,41,45). The zero-order valence-electron chi connectivity index (χ0n) is 27.3. The van der Waals surface area contributed by atoms with Gasteiger partial charge in [0, 0.05) is 24.0 Å². The minimum Gasteiger partial charge on any atom is -0.457 e. The fourth-order valence-corrected chi connectivity index (χ4v) is 6.98. The Hall–Kier alpha value is -4.93. The van der Waals surface area contributed by atoms with Crippen molar-refractivity contribution in [3.63, 3.8) is 0 Å². The number of para-hydroxylation sites is 1. The van der Waals surface area contributed by atoms with Crippen molar-refractivity contribution in [1.82, 2.24) is 10.2 Å². The summed E-state index contributed by atoms with van der Waals surface area (Å²) in [7, 11) is -4.23. The number of amides is 2. The van der Waals surface area contributed by atoms with E-state index in [0.717, 1.165) is 25.5 Å². The van der Waals surface area contributed by atoms with Gasteiger partial charge in [-0.3, -0.25) is 13.9 Å². The molecule has 0 radical (unpaired) electrons. The average Bonchev–Trinajstić information content (AvgIpc) is 3.11. The first-order valence-corrected chi connectivity index (χ1v) is 18.2. The minimum absolute atomic E-state index is 0.0412. The van der Waals surface area contributed by atoms with Crippen molar-refractivity contribution in [3.05, 3.63) is 155 Å². The smallest absolute Gasteiger partial charge is 0.264 e. The van der Waals surface area contributed by atoms with Crippen LogP contribution in [-0.4, -0.2) is 44.3 Å². The Balaban J connectivity index is 1.54. The molecule has 1 N–H and O–H groups in total. The minimum atomic E-state index is -4.23. The van der Waals surface area contributed by atoms with Crippen LogP contribution in [0.25, 0.3) is 0 Å². The molecule has 1 atom stereocenters. The summed E-state index contributed by atoms with van der Waals surface area (Å²) < 4.78 is 36.5. The maximum atomic E-state index is 14.6. The van der Waals surface area contributed by atoms with Crippen LogP contribution >= 0.6 is 15.9 Å². The summed E-state index contributed by atoms with van der Waals surface area (Å²) in [5.74, 6) is 0.278. The number of carbonyl (C=O) groups is 2. The van der Waals surface area contributed by atoms with E-state index in [-0.39, 0.29) is 29.5 Å². The number of sulfonamides is 1. The third-order valence-corrected chi connectivity index (χ3v) is 10.2. The van der Waals surface area contributed by atoms with Crippen LogP contribution in [0.2, 0.25) is 0 Å². The van der Waals surface area contributed by atoms with Crippen molar-refractivity contribution < 1.29 is 22.7 Å². The molecular formula is C39H38BrN3O5S. The van der Waals surface area contributed by atoms with Gasteiger partial charge in [0.15, 0.2) is 0 Å². The fraction of sp³-hybridized carbons (Fsp3) is 0.179. The van der Waals surface area contributed by atoms with E-state index in [4.69, 9.17) is 4.74 Å². The number of rotatable bonds is 14. The topological polar surface area (TPSA) is 96.0 Å². The summed E-state index contributed by atoms with van der Waals surface area (Å²) >= 11 is 3.46. The highest BCUT2D eigenvalue weighted by atomic mass is 79.9. The number of carbonyl (C=O) groups excluding carboxylic acids is 2. The summed E-state index contributed by atoms with van der Waals surface area (Å²) in [5, 5.41) is 2.88. The first-order chi connectivity index (χ1) is 23.6. The van der Waals surface area contributed by atoms with Gasteiger partial charge in [-0.2, -0.15) is 0 Å². The molecule has 2 amide bonds. The molecule has 5 aromatic carbocycles. The van der Waals surface area contributed by atoms with Crippen LogP contribution in [0.4, 0.5) is 5.69 Å². The highest BCUT2D eigenvalue weighted by Crippen LogP contribution is 2.29. The molecule has 0 aliphatic carbocycles. The number of likely N-dealkylation sites (N-methyl/N-ethyl adjacent to an activating group) is 1. The molecule has 1 unspecified atom stereocenters. The van der Waals surface area contributed by atoms with Crippen LogP contribution in [0.15, 0.2) is 143 Å². The van der Waals surface area contributed by atoms with E-state index in [2.05, 4.69) is 21.2 Å². The van der Waals surface area contributed by atoms with Crippen molar-refractivity contribution in [2.75, 3.05) is 17.4 Å². The lowest BCUT2D eigenvalue weighted by atomic mass is 10.0. The summed E-state index contributed by atoms with van der Waals surface area (Å²) in [6.45, 7) is 3.60. The lowest BCUT2D eigenvalue weighted by Gasteiger charge is -2.34. The lowest BCUT2D eigenvalue weighted by Crippen LogP contribution is -2.53. The van der Waals surface area contributed by atoms with Gasteiger partial charge in [-0.05, 0) is 85.6 Å². The monoisotopic (exact) mass is 739 g/mol. The number of benzene rings is 5. The van der Waals surface area contributed by atoms with E-state index in [0.29, 0.717) is 18.0 Å². The van der Waals surface area contributed by atoms with Crippen molar-refractivity contribution in [2.45, 2.75) is 37.8 Å². The molecule has 5 aromatic rings. The predicted molar refractivity (Wildman–Crippen MR) is 196 cm³/mol. The van der Waals surface area contributed by atoms with E-state index in [1.807, 2.05) is 98.8 Å². The number of ether oxygens (including phenoxy) is 1. The van der Waals surface area contributed by atoms with Gasteiger partial charge in [0.25, 0.3) is 10.0 Å². The third-order valence-electron chi connectivity index (χ3n) is 7.88. The van der Waals surface area contributed by atoms with E-state index in [1.165, 1.54) is 17.0 Å². The van der Waals surface area contributed by atoms with Crippen LogP contribution < -0.4 is 14.4 Å². The molecule has 0 saturated carbocycles. The predicted octanol–water partition coefficient (Wildman–Crippen LogP) is 7.52. The molecule has 0 aromatic heterocycles. The van der Waals surface area contributed by atoms with Crippen LogP contribution in [0, 0.1) is 6.92 Å². The number of hydrogen-bond acceptors (Lipinski definition) is 5. The number of hydrogen-bond donors (Lipinski definition) is 1. The van der Waals surface area contributed by atoms with Crippen LogP contribution in [-0.2, 0) is 32.6 Å². The van der Waals surface area contributed by atoms with Crippen molar-refractivity contribution in [1.29, 1.82) is 0 Å². The van der Waals surface area contributed by atoms with Gasteiger partial charge in [0.1, 0.15) is 24.1 Å². The van der Waals surface area contributed by atoms with E-state index >= 15 is 0 Å². The fourth-order valence-electron chi connectivity index (χ4n) is 5.30. The second kappa shape index (κ2) is 16.5. The summed E-state index contributed by atoms with van der Waals surface area (Å²) in [6, 6.07) is 38.3. The molecule has 0 bridgehead atoms. The quantitative estimate of drug-likeness (QED) is 0.127. The van der Waals surface area contributed by atoms with E-state index < -0.39 is 28.5 Å². The average molecular weight is 741 g/mol. The Labute approximate surface area is 296 Å². The molecule has 8 nitrogen and oxygen atoms in total. The van der Waals surface area contributed by atoms with E-state index in [1.54, 1.807) is 36.4 Å². The number of halogens is 1. The van der Waals surface area contributed by atoms with Gasteiger partial charge in [-0.15, -0.1) is 0 Å². The zero-order valence-corrected chi connectivity index (χ0v) is 29.7. The molecule has 0 saturated heterocycles. The Kier molecular flexibility index (Phi) is 11.9. The van der Waals surface area contributed by atoms with Gasteiger partial charge in [-0.1, -0.05) is 94.3 Å². The van der Waals surface area contributed by atoms with Crippen molar-refractivity contribution >= 4 is 43.5 Å². The van der Waals surface area contributed by atoms with Gasteiger partial charge in [-0.25, -0.2) is 8.42 Å². The van der Waals surface area contributed by atoms with Crippen molar-refractivity contribution in [3.8, 4) is 11.5 Å². The first-order valence-electron chi connectivity index (χ1n) is 15.9. The number of anilines is 1. The molecular weight excluding hydrogens is 702 g/mol. The molecule has 10 heteroatoms. The summed E-state index contributed by atoms with van der Waals surface area (Å²) in [4.78, 5) is 29.8. The Morgan fingerprint density at radius 3 is 1.96 bits per heavy atom. The molecule has 0 aliphatic heterocycles. The molecule has 0 spiro atoms. The highest BCUT2D eigenvalue weighted by molar-refractivity contribution is 9.10.